The number of hydrogen-bond acceptors (Lipinski definition) is 4. The normalized spacial score (nSPS) is 15.0. The number of carbonyl (C=O) groups excluding carboxylic acids is 1. The SMILES string of the molecule is O=C(NOCC1Nc2ccccc2Cc2ccccc21)c1ccccc1CO. The zero-order valence-corrected chi connectivity index (χ0v) is 15.4. The van der Waals surface area contributed by atoms with Gasteiger partial charge in [0.2, 0.25) is 0 Å². The summed E-state index contributed by atoms with van der Waals surface area (Å²) in [6.45, 7) is 0.0797. The van der Waals surface area contributed by atoms with Gasteiger partial charge in [-0.25, -0.2) is 5.48 Å². The molecule has 0 spiro atoms. The van der Waals surface area contributed by atoms with E-state index in [1.807, 2.05) is 24.3 Å². The smallest absolute Gasteiger partial charge is 0.275 e. The van der Waals surface area contributed by atoms with Gasteiger partial charge >= 0.3 is 0 Å². The Balaban J connectivity index is 1.49. The summed E-state index contributed by atoms with van der Waals surface area (Å²) in [6.07, 6.45) is 0.853. The lowest BCUT2D eigenvalue weighted by Gasteiger charge is -2.20. The highest BCUT2D eigenvalue weighted by Crippen LogP contribution is 2.32. The van der Waals surface area contributed by atoms with Gasteiger partial charge in [0, 0.05) is 11.3 Å². The third-order valence-corrected chi connectivity index (χ3v) is 5.01. The van der Waals surface area contributed by atoms with Crippen molar-refractivity contribution in [3.63, 3.8) is 0 Å². The van der Waals surface area contributed by atoms with Crippen LogP contribution in [0.4, 0.5) is 5.69 Å². The van der Waals surface area contributed by atoms with Crippen molar-refractivity contribution >= 4 is 11.6 Å². The first-order valence-corrected chi connectivity index (χ1v) is 9.29. The Morgan fingerprint density at radius 1 is 1.00 bits per heavy atom. The summed E-state index contributed by atoms with van der Waals surface area (Å²) in [5, 5.41) is 12.9. The van der Waals surface area contributed by atoms with Crippen LogP contribution in [0.5, 0.6) is 0 Å². The highest BCUT2D eigenvalue weighted by Gasteiger charge is 2.21. The molecule has 3 N–H and O–H groups in total. The summed E-state index contributed by atoms with van der Waals surface area (Å²) in [5.41, 5.74) is 8.18. The highest BCUT2D eigenvalue weighted by atomic mass is 16.7. The average Bonchev–Trinajstić information content (AvgIpc) is 2.90. The number of para-hydroxylation sites is 1. The second kappa shape index (κ2) is 8.25. The molecule has 5 heteroatoms. The largest absolute Gasteiger partial charge is 0.392 e. The molecule has 1 aliphatic rings. The lowest BCUT2D eigenvalue weighted by atomic mass is 9.98. The molecule has 0 aromatic heterocycles. The molecule has 0 saturated carbocycles. The number of anilines is 1. The molecule has 0 aliphatic carbocycles. The Labute approximate surface area is 163 Å². The summed E-state index contributed by atoms with van der Waals surface area (Å²) in [6, 6.07) is 23.3. The fourth-order valence-electron chi connectivity index (χ4n) is 3.58. The fraction of sp³-hybridized carbons (Fsp3) is 0.174. The third-order valence-electron chi connectivity index (χ3n) is 5.01. The second-order valence-electron chi connectivity index (χ2n) is 6.79. The van der Waals surface area contributed by atoms with E-state index in [0.29, 0.717) is 11.1 Å². The molecule has 1 aliphatic heterocycles. The molecule has 0 fully saturated rings. The van der Waals surface area contributed by atoms with E-state index >= 15 is 0 Å². The van der Waals surface area contributed by atoms with Crippen molar-refractivity contribution in [1.29, 1.82) is 0 Å². The van der Waals surface area contributed by atoms with Gasteiger partial charge in [-0.2, -0.15) is 0 Å². The standard InChI is InChI=1S/C23H22N2O3/c26-14-18-9-2-5-11-20(18)23(27)25-28-15-22-19-10-4-1-7-16(19)13-17-8-3-6-12-21(17)24-22/h1-12,22,24,26H,13-15H2,(H,25,27). The van der Waals surface area contributed by atoms with Crippen molar-refractivity contribution in [1.82, 2.24) is 5.48 Å². The summed E-state index contributed by atoms with van der Waals surface area (Å²) in [7, 11) is 0. The van der Waals surface area contributed by atoms with Gasteiger partial charge in [0.05, 0.1) is 19.3 Å². The zero-order valence-electron chi connectivity index (χ0n) is 15.4. The van der Waals surface area contributed by atoms with Crippen LogP contribution in [0.25, 0.3) is 0 Å². The van der Waals surface area contributed by atoms with E-state index in [9.17, 15) is 9.90 Å². The van der Waals surface area contributed by atoms with E-state index in [4.69, 9.17) is 4.84 Å². The summed E-state index contributed by atoms with van der Waals surface area (Å²) < 4.78 is 0. The monoisotopic (exact) mass is 374 g/mol. The number of benzene rings is 3. The van der Waals surface area contributed by atoms with Gasteiger partial charge < -0.3 is 10.4 Å². The van der Waals surface area contributed by atoms with Gasteiger partial charge in [0.25, 0.3) is 5.91 Å². The van der Waals surface area contributed by atoms with Crippen LogP contribution in [0, 0.1) is 0 Å². The molecule has 1 atom stereocenters. The second-order valence-corrected chi connectivity index (χ2v) is 6.79. The molecule has 1 unspecified atom stereocenters. The van der Waals surface area contributed by atoms with Crippen LogP contribution in [0.3, 0.4) is 0 Å². The lowest BCUT2D eigenvalue weighted by Crippen LogP contribution is -2.29. The Bertz CT molecular complexity index is 987. The Morgan fingerprint density at radius 3 is 2.57 bits per heavy atom. The summed E-state index contributed by atoms with van der Waals surface area (Å²) in [5.74, 6) is -0.369. The van der Waals surface area contributed by atoms with Gasteiger partial charge in [-0.05, 0) is 40.8 Å². The van der Waals surface area contributed by atoms with E-state index in [1.54, 1.807) is 24.3 Å². The zero-order chi connectivity index (χ0) is 19.3. The number of aliphatic hydroxyl groups excluding tert-OH is 1. The maximum atomic E-state index is 12.4. The van der Waals surface area contributed by atoms with E-state index in [1.165, 1.54) is 11.1 Å². The predicted octanol–water partition coefficient (Wildman–Crippen LogP) is 3.60. The number of rotatable bonds is 5. The van der Waals surface area contributed by atoms with Crippen LogP contribution in [-0.2, 0) is 17.9 Å². The molecule has 142 valence electrons. The molecular formula is C23H22N2O3. The molecule has 5 nitrogen and oxygen atoms in total. The molecule has 1 amide bonds. The quantitative estimate of drug-likeness (QED) is 0.597. The number of nitrogens with one attached hydrogen (secondary N) is 2. The van der Waals surface area contributed by atoms with Crippen molar-refractivity contribution in [3.05, 3.63) is 101 Å². The minimum absolute atomic E-state index is 0.0896. The Morgan fingerprint density at radius 2 is 1.71 bits per heavy atom. The minimum atomic E-state index is -0.369. The van der Waals surface area contributed by atoms with Crippen molar-refractivity contribution in [2.24, 2.45) is 0 Å². The van der Waals surface area contributed by atoms with E-state index < -0.39 is 0 Å². The molecule has 28 heavy (non-hydrogen) atoms. The van der Waals surface area contributed by atoms with Crippen LogP contribution < -0.4 is 10.8 Å². The first-order chi connectivity index (χ1) is 13.8. The molecule has 0 bridgehead atoms. The average molecular weight is 374 g/mol. The lowest BCUT2D eigenvalue weighted by molar-refractivity contribution is 0.0274. The topological polar surface area (TPSA) is 70.6 Å². The van der Waals surface area contributed by atoms with E-state index in [-0.39, 0.29) is 25.2 Å². The predicted molar refractivity (Wildman–Crippen MR) is 108 cm³/mol. The number of amides is 1. The van der Waals surface area contributed by atoms with E-state index in [2.05, 4.69) is 35.1 Å². The molecule has 4 rings (SSSR count). The number of carbonyl (C=O) groups is 1. The van der Waals surface area contributed by atoms with Gasteiger partial charge in [0.15, 0.2) is 0 Å². The number of hydroxylamine groups is 1. The first kappa shape index (κ1) is 18.2. The van der Waals surface area contributed by atoms with Crippen LogP contribution >= 0.6 is 0 Å². The number of hydrogen-bond donors (Lipinski definition) is 3. The van der Waals surface area contributed by atoms with Gasteiger partial charge in [0.1, 0.15) is 0 Å². The fourth-order valence-corrected chi connectivity index (χ4v) is 3.58. The van der Waals surface area contributed by atoms with Crippen LogP contribution in [0.1, 0.15) is 38.7 Å². The number of fused-ring (bicyclic) bond motifs is 2. The van der Waals surface area contributed by atoms with Gasteiger partial charge in [-0.15, -0.1) is 0 Å². The maximum absolute atomic E-state index is 12.4. The Hall–Kier alpha value is -3.15. The number of aliphatic hydroxyl groups is 1. The molecule has 3 aromatic carbocycles. The molecule has 1 heterocycles. The minimum Gasteiger partial charge on any atom is -0.392 e. The van der Waals surface area contributed by atoms with Crippen LogP contribution in [0.15, 0.2) is 72.8 Å². The molecule has 3 aromatic rings. The third kappa shape index (κ3) is 3.76. The first-order valence-electron chi connectivity index (χ1n) is 9.29. The summed E-state index contributed by atoms with van der Waals surface area (Å²) >= 11 is 0. The molecule has 0 radical (unpaired) electrons. The highest BCUT2D eigenvalue weighted by molar-refractivity contribution is 5.94. The maximum Gasteiger partial charge on any atom is 0.275 e. The summed E-state index contributed by atoms with van der Waals surface area (Å²) in [4.78, 5) is 18.0. The van der Waals surface area contributed by atoms with E-state index in [0.717, 1.165) is 17.7 Å². The van der Waals surface area contributed by atoms with Crippen molar-refractivity contribution in [2.45, 2.75) is 19.1 Å². The Kier molecular flexibility index (Phi) is 5.37. The van der Waals surface area contributed by atoms with Crippen molar-refractivity contribution in [2.75, 3.05) is 11.9 Å². The van der Waals surface area contributed by atoms with Crippen molar-refractivity contribution in [3.8, 4) is 0 Å². The van der Waals surface area contributed by atoms with Crippen LogP contribution in [-0.4, -0.2) is 17.6 Å². The molecular weight excluding hydrogens is 352 g/mol. The molecule has 0 saturated heterocycles. The van der Waals surface area contributed by atoms with Crippen molar-refractivity contribution < 1.29 is 14.7 Å². The van der Waals surface area contributed by atoms with Crippen LogP contribution in [0.2, 0.25) is 0 Å². The van der Waals surface area contributed by atoms with Gasteiger partial charge in [-0.1, -0.05) is 60.7 Å². The van der Waals surface area contributed by atoms with Gasteiger partial charge in [-0.3, -0.25) is 9.63 Å².